The molecular formula is C39H54O26. The van der Waals surface area contributed by atoms with Crippen molar-refractivity contribution in [3.8, 4) is 0 Å². The average molecular weight is 939 g/mol. The predicted octanol–water partition coefficient (Wildman–Crippen LogP) is -1.21. The van der Waals surface area contributed by atoms with Crippen LogP contribution < -0.4 is 0 Å². The molecule has 0 bridgehead atoms. The van der Waals surface area contributed by atoms with Gasteiger partial charge in [-0.3, -0.25) is 47.9 Å². The van der Waals surface area contributed by atoms with Gasteiger partial charge in [-0.15, -0.1) is 0 Å². The summed E-state index contributed by atoms with van der Waals surface area (Å²) < 4.78 is 89.9. The van der Waals surface area contributed by atoms with Crippen molar-refractivity contribution >= 4 is 59.7 Å². The topological polar surface area (TPSA) is 318 Å². The van der Waals surface area contributed by atoms with E-state index in [4.69, 9.17) is 75.8 Å². The first-order chi connectivity index (χ1) is 30.4. The largest absolute Gasteiger partial charge is 0.463 e. The Bertz CT molecular complexity index is 1750. The van der Waals surface area contributed by atoms with Crippen LogP contribution in [0.5, 0.6) is 0 Å². The Hall–Kier alpha value is -5.54. The Morgan fingerprint density at radius 2 is 0.538 bits per heavy atom. The zero-order chi connectivity index (χ0) is 48.9. The second kappa shape index (κ2) is 24.7. The maximum absolute atomic E-state index is 12.6. The maximum Gasteiger partial charge on any atom is 0.303 e. The van der Waals surface area contributed by atoms with Crippen molar-refractivity contribution < 1.29 is 124 Å². The molecule has 0 spiro atoms. The number of ether oxygens (including phenoxy) is 16. The van der Waals surface area contributed by atoms with Crippen LogP contribution in [0, 0.1) is 0 Å². The minimum Gasteiger partial charge on any atom is -0.463 e. The third kappa shape index (κ3) is 16.1. The van der Waals surface area contributed by atoms with Gasteiger partial charge in [0.15, 0.2) is 73.8 Å². The molecule has 0 radical (unpaired) electrons. The van der Waals surface area contributed by atoms with E-state index in [1.165, 1.54) is 7.11 Å². The molecule has 3 rings (SSSR count). The number of hydrogen-bond acceptors (Lipinski definition) is 26. The lowest BCUT2D eigenvalue weighted by Crippen LogP contribution is -2.65. The molecule has 366 valence electrons. The smallest absolute Gasteiger partial charge is 0.303 e. The lowest BCUT2D eigenvalue weighted by molar-refractivity contribution is -0.344. The Morgan fingerprint density at radius 3 is 0.800 bits per heavy atom. The normalized spacial score (nSPS) is 32.0. The van der Waals surface area contributed by atoms with Crippen LogP contribution in [0.25, 0.3) is 0 Å². The molecule has 0 aliphatic carbocycles. The standard InChI is InChI=1S/C39H54O26/c1-15(40)51-12-25-28(54-16(2)41)32(58-20(6)45)35(61-23(9)48)38(64-25)53-14-27-30(56-18(4)43)33(59-21(7)46)36(62-24(10)49)39(65-27)52-13-26-29(55-17(3)42)31(57-19(5)44)34(60-22(8)47)37(50-11)63-26/h25-39H,12-14H2,1-11H3/t25-,26-,27-,28+,29-,30+,31+,32+,33+,34-,35-,36-,37-,38+,39+/m1/s1. The number of carbonyl (C=O) groups excluding carboxylic acids is 10. The van der Waals surface area contributed by atoms with Gasteiger partial charge in [0.2, 0.25) is 0 Å². The number of methoxy groups -OCH3 is 1. The first-order valence-corrected chi connectivity index (χ1v) is 19.8. The highest BCUT2D eigenvalue weighted by Crippen LogP contribution is 2.35. The van der Waals surface area contributed by atoms with Gasteiger partial charge in [0.05, 0.1) is 13.2 Å². The lowest BCUT2D eigenvalue weighted by atomic mass is 9.96. The molecule has 3 heterocycles. The molecule has 0 unspecified atom stereocenters. The summed E-state index contributed by atoms with van der Waals surface area (Å²) in [5, 5.41) is 0. The summed E-state index contributed by atoms with van der Waals surface area (Å²) in [5.74, 6) is -9.09. The van der Waals surface area contributed by atoms with Crippen LogP contribution in [0.15, 0.2) is 0 Å². The summed E-state index contributed by atoms with van der Waals surface area (Å²) in [7, 11) is 1.17. The van der Waals surface area contributed by atoms with Crippen molar-refractivity contribution in [3.05, 3.63) is 0 Å². The summed E-state index contributed by atoms with van der Waals surface area (Å²) in [6.45, 7) is 8.11. The van der Waals surface area contributed by atoms with E-state index in [1.807, 2.05) is 0 Å². The molecule has 65 heavy (non-hydrogen) atoms. The van der Waals surface area contributed by atoms with E-state index in [0.717, 1.165) is 69.2 Å². The molecule has 3 aliphatic heterocycles. The van der Waals surface area contributed by atoms with Crippen LogP contribution in [0.1, 0.15) is 69.2 Å². The van der Waals surface area contributed by atoms with Crippen LogP contribution in [0.4, 0.5) is 0 Å². The first-order valence-electron chi connectivity index (χ1n) is 19.8. The molecule has 26 heteroatoms. The van der Waals surface area contributed by atoms with E-state index in [0.29, 0.717) is 0 Å². The van der Waals surface area contributed by atoms with Crippen LogP contribution in [0.3, 0.4) is 0 Å². The van der Waals surface area contributed by atoms with E-state index in [2.05, 4.69) is 0 Å². The SMILES string of the molecule is CO[C@@H]1O[C@H](CO[C@H]2O[C@H](CO[C@H]3O[C@H](COC(C)=O)[C@H](OC(C)=O)[C@H](OC(C)=O)[C@H]3OC(C)=O)[C@H](OC(C)=O)[C@H](OC(C)=O)[C@H]2OC(C)=O)[C@@H](OC(C)=O)[C@H](OC(C)=O)[C@H]1OC(C)=O. The zero-order valence-electron chi connectivity index (χ0n) is 37.4. The molecule has 0 aromatic rings. The quantitative estimate of drug-likeness (QED) is 0.115. The van der Waals surface area contributed by atoms with Crippen molar-refractivity contribution in [3.63, 3.8) is 0 Å². The summed E-state index contributed by atoms with van der Waals surface area (Å²) in [6.07, 6.45) is -24.3. The van der Waals surface area contributed by atoms with Gasteiger partial charge in [0.25, 0.3) is 0 Å². The molecule has 0 saturated carbocycles. The van der Waals surface area contributed by atoms with Crippen molar-refractivity contribution in [1.29, 1.82) is 0 Å². The summed E-state index contributed by atoms with van der Waals surface area (Å²) in [4.78, 5) is 123. The van der Waals surface area contributed by atoms with Gasteiger partial charge in [0.1, 0.15) is 24.9 Å². The highest BCUT2D eigenvalue weighted by Gasteiger charge is 2.57. The van der Waals surface area contributed by atoms with Crippen molar-refractivity contribution in [2.45, 2.75) is 161 Å². The highest BCUT2D eigenvalue weighted by atomic mass is 16.8. The molecule has 15 atom stereocenters. The van der Waals surface area contributed by atoms with Gasteiger partial charge < -0.3 is 75.8 Å². The molecule has 0 N–H and O–H groups in total. The Labute approximate surface area is 371 Å². The van der Waals surface area contributed by atoms with Gasteiger partial charge in [-0.25, -0.2) is 0 Å². The number of carbonyl (C=O) groups is 10. The second-order valence-corrected chi connectivity index (χ2v) is 14.5. The average Bonchev–Trinajstić information content (AvgIpc) is 3.16. The monoisotopic (exact) mass is 938 g/mol. The van der Waals surface area contributed by atoms with E-state index < -0.39 is 172 Å². The van der Waals surface area contributed by atoms with Crippen LogP contribution in [0.2, 0.25) is 0 Å². The molecule has 0 amide bonds. The molecule has 3 aliphatic rings. The lowest BCUT2D eigenvalue weighted by Gasteiger charge is -2.47. The molecule has 0 aromatic carbocycles. The maximum atomic E-state index is 12.6. The molecule has 3 fully saturated rings. The van der Waals surface area contributed by atoms with Crippen LogP contribution >= 0.6 is 0 Å². The van der Waals surface area contributed by atoms with Gasteiger partial charge in [-0.05, 0) is 0 Å². The van der Waals surface area contributed by atoms with Crippen molar-refractivity contribution in [1.82, 2.24) is 0 Å². The first kappa shape index (κ1) is 53.8. The van der Waals surface area contributed by atoms with Crippen LogP contribution in [-0.2, 0) is 124 Å². The summed E-state index contributed by atoms with van der Waals surface area (Å²) in [5.41, 5.74) is 0. The fraction of sp³-hybridized carbons (Fsp3) is 0.744. The zero-order valence-corrected chi connectivity index (χ0v) is 37.4. The van der Waals surface area contributed by atoms with E-state index in [9.17, 15) is 47.9 Å². The predicted molar refractivity (Wildman–Crippen MR) is 202 cm³/mol. The van der Waals surface area contributed by atoms with E-state index >= 15 is 0 Å². The number of esters is 10. The summed E-state index contributed by atoms with van der Waals surface area (Å²) in [6, 6.07) is 0. The molecule has 3 saturated heterocycles. The fourth-order valence-corrected chi connectivity index (χ4v) is 7.00. The minimum absolute atomic E-state index is 0.607. The Kier molecular flexibility index (Phi) is 20.4. The van der Waals surface area contributed by atoms with Gasteiger partial charge >= 0.3 is 59.7 Å². The fourth-order valence-electron chi connectivity index (χ4n) is 7.00. The van der Waals surface area contributed by atoms with Gasteiger partial charge in [0, 0.05) is 76.3 Å². The van der Waals surface area contributed by atoms with Gasteiger partial charge in [-0.1, -0.05) is 0 Å². The Balaban J connectivity index is 2.12. The van der Waals surface area contributed by atoms with Crippen molar-refractivity contribution in [2.75, 3.05) is 26.9 Å². The van der Waals surface area contributed by atoms with Crippen molar-refractivity contribution in [2.24, 2.45) is 0 Å². The molecule has 0 aromatic heterocycles. The third-order valence-corrected chi connectivity index (χ3v) is 9.02. The summed E-state index contributed by atoms with van der Waals surface area (Å²) >= 11 is 0. The van der Waals surface area contributed by atoms with Crippen LogP contribution in [-0.4, -0.2) is 179 Å². The second-order valence-electron chi connectivity index (χ2n) is 14.5. The Morgan fingerprint density at radius 1 is 0.308 bits per heavy atom. The highest BCUT2D eigenvalue weighted by molar-refractivity contribution is 5.70. The number of rotatable bonds is 18. The molecule has 26 nitrogen and oxygen atoms in total. The number of hydrogen-bond donors (Lipinski definition) is 0. The van der Waals surface area contributed by atoms with Gasteiger partial charge in [-0.2, -0.15) is 0 Å². The van der Waals surface area contributed by atoms with E-state index in [1.54, 1.807) is 0 Å². The minimum atomic E-state index is -1.83. The van der Waals surface area contributed by atoms with E-state index in [-0.39, 0.29) is 0 Å². The third-order valence-electron chi connectivity index (χ3n) is 9.02. The molecular weight excluding hydrogens is 884 g/mol.